The smallest absolute Gasteiger partial charge is 0.213 e. The molecule has 0 aromatic carbocycles. The monoisotopic (exact) mass is 220 g/mol. The van der Waals surface area contributed by atoms with Gasteiger partial charge in [0.2, 0.25) is 5.88 Å². The first-order chi connectivity index (χ1) is 7.95. The molecule has 0 atom stereocenters. The second-order valence-corrected chi connectivity index (χ2v) is 4.27. The highest BCUT2D eigenvalue weighted by Crippen LogP contribution is 2.09. The Kier molecular flexibility index (Phi) is 4.62. The Balaban J connectivity index is 1.67. The second-order valence-electron chi connectivity index (χ2n) is 4.27. The molecule has 2 heterocycles. The quantitative estimate of drug-likeness (QED) is 0.778. The highest BCUT2D eigenvalue weighted by Gasteiger charge is 2.08. The molecular weight excluding hydrogens is 200 g/mol. The summed E-state index contributed by atoms with van der Waals surface area (Å²) >= 11 is 0. The van der Waals surface area contributed by atoms with Crippen molar-refractivity contribution in [3.63, 3.8) is 0 Å². The van der Waals surface area contributed by atoms with Gasteiger partial charge in [0.1, 0.15) is 6.61 Å². The zero-order chi connectivity index (χ0) is 11.1. The molecule has 0 saturated carbocycles. The third kappa shape index (κ3) is 3.81. The highest BCUT2D eigenvalue weighted by molar-refractivity contribution is 5.08. The van der Waals surface area contributed by atoms with Gasteiger partial charge in [-0.15, -0.1) is 0 Å². The van der Waals surface area contributed by atoms with Gasteiger partial charge < -0.3 is 4.74 Å². The molecule has 3 nitrogen and oxygen atoms in total. The normalized spacial score (nSPS) is 18.0. The van der Waals surface area contributed by atoms with Gasteiger partial charge in [0.15, 0.2) is 0 Å². The maximum absolute atomic E-state index is 5.60. The summed E-state index contributed by atoms with van der Waals surface area (Å²) in [5, 5.41) is 0. The zero-order valence-electron chi connectivity index (χ0n) is 9.77. The van der Waals surface area contributed by atoms with Crippen molar-refractivity contribution in [1.29, 1.82) is 0 Å². The zero-order valence-corrected chi connectivity index (χ0v) is 9.77. The van der Waals surface area contributed by atoms with Gasteiger partial charge in [-0.2, -0.15) is 0 Å². The van der Waals surface area contributed by atoms with E-state index in [2.05, 4.69) is 9.88 Å². The van der Waals surface area contributed by atoms with Gasteiger partial charge in [0, 0.05) is 18.8 Å². The van der Waals surface area contributed by atoms with E-state index in [1.165, 1.54) is 38.8 Å². The van der Waals surface area contributed by atoms with E-state index in [0.717, 1.165) is 19.0 Å². The number of rotatable bonds is 4. The van der Waals surface area contributed by atoms with Gasteiger partial charge in [-0.1, -0.05) is 18.9 Å². The fourth-order valence-corrected chi connectivity index (χ4v) is 2.07. The molecule has 0 aliphatic carbocycles. The first-order valence-electron chi connectivity index (χ1n) is 6.21. The van der Waals surface area contributed by atoms with Crippen LogP contribution in [0.1, 0.15) is 25.7 Å². The fraction of sp³-hybridized carbons (Fsp3) is 0.615. The van der Waals surface area contributed by atoms with Crippen LogP contribution < -0.4 is 4.74 Å². The van der Waals surface area contributed by atoms with E-state index in [9.17, 15) is 0 Å². The van der Waals surface area contributed by atoms with Crippen molar-refractivity contribution in [3.05, 3.63) is 24.4 Å². The summed E-state index contributed by atoms with van der Waals surface area (Å²) in [6, 6.07) is 5.76. The highest BCUT2D eigenvalue weighted by atomic mass is 16.5. The van der Waals surface area contributed by atoms with E-state index in [0.29, 0.717) is 0 Å². The molecule has 2 rings (SSSR count). The van der Waals surface area contributed by atoms with Crippen molar-refractivity contribution in [2.75, 3.05) is 26.2 Å². The number of ether oxygens (including phenoxy) is 1. The van der Waals surface area contributed by atoms with Crippen molar-refractivity contribution in [3.8, 4) is 5.88 Å². The van der Waals surface area contributed by atoms with Crippen molar-refractivity contribution in [2.24, 2.45) is 0 Å². The number of likely N-dealkylation sites (tertiary alicyclic amines) is 1. The van der Waals surface area contributed by atoms with Crippen molar-refractivity contribution in [1.82, 2.24) is 9.88 Å². The minimum atomic E-state index is 0.734. The first kappa shape index (κ1) is 11.4. The van der Waals surface area contributed by atoms with Crippen LogP contribution in [0.15, 0.2) is 24.4 Å². The lowest BCUT2D eigenvalue weighted by Gasteiger charge is -2.19. The lowest BCUT2D eigenvalue weighted by molar-refractivity contribution is 0.209. The molecule has 1 fully saturated rings. The molecule has 0 radical (unpaired) electrons. The van der Waals surface area contributed by atoms with Crippen LogP contribution in [-0.4, -0.2) is 36.1 Å². The van der Waals surface area contributed by atoms with Crippen LogP contribution in [0, 0.1) is 0 Å². The average molecular weight is 220 g/mol. The molecule has 1 saturated heterocycles. The summed E-state index contributed by atoms with van der Waals surface area (Å²) in [6.07, 6.45) is 7.21. The van der Waals surface area contributed by atoms with E-state index < -0.39 is 0 Å². The predicted octanol–water partition coefficient (Wildman–Crippen LogP) is 2.34. The van der Waals surface area contributed by atoms with Crippen molar-refractivity contribution >= 4 is 0 Å². The number of hydrogen-bond acceptors (Lipinski definition) is 3. The molecule has 0 bridgehead atoms. The Bertz CT molecular complexity index is 281. The minimum Gasteiger partial charge on any atom is -0.476 e. The SMILES string of the molecule is c1ccc(OCCN2CCCCCC2)nc1. The molecule has 0 spiro atoms. The number of hydrogen-bond donors (Lipinski definition) is 0. The standard InChI is InChI=1S/C13H20N2O/c1-2-6-10-15(9-5-1)11-12-16-13-7-3-4-8-14-13/h3-4,7-8H,1-2,5-6,9-12H2. The maximum atomic E-state index is 5.60. The van der Waals surface area contributed by atoms with Crippen molar-refractivity contribution in [2.45, 2.75) is 25.7 Å². The van der Waals surface area contributed by atoms with E-state index in [4.69, 9.17) is 4.74 Å². The van der Waals surface area contributed by atoms with Crippen molar-refractivity contribution < 1.29 is 4.74 Å². The van der Waals surface area contributed by atoms with E-state index in [1.807, 2.05) is 18.2 Å². The van der Waals surface area contributed by atoms with Crippen LogP contribution in [0.2, 0.25) is 0 Å². The second kappa shape index (κ2) is 6.48. The van der Waals surface area contributed by atoms with Gasteiger partial charge in [0.25, 0.3) is 0 Å². The molecule has 1 aliphatic heterocycles. The Morgan fingerprint density at radius 2 is 1.94 bits per heavy atom. The summed E-state index contributed by atoms with van der Waals surface area (Å²) in [5.41, 5.74) is 0. The molecule has 0 N–H and O–H groups in total. The topological polar surface area (TPSA) is 25.4 Å². The summed E-state index contributed by atoms with van der Waals surface area (Å²) in [4.78, 5) is 6.64. The number of nitrogens with zero attached hydrogens (tertiary/aromatic N) is 2. The van der Waals surface area contributed by atoms with Gasteiger partial charge in [-0.3, -0.25) is 4.90 Å². The van der Waals surface area contributed by atoms with E-state index in [1.54, 1.807) is 6.20 Å². The van der Waals surface area contributed by atoms with Crippen LogP contribution in [0.3, 0.4) is 0 Å². The third-order valence-electron chi connectivity index (χ3n) is 2.99. The lowest BCUT2D eigenvalue weighted by Crippen LogP contribution is -2.29. The summed E-state index contributed by atoms with van der Waals surface area (Å²) < 4.78 is 5.60. The molecule has 1 aromatic heterocycles. The molecule has 16 heavy (non-hydrogen) atoms. The summed E-state index contributed by atoms with van der Waals surface area (Å²) in [6.45, 7) is 4.23. The lowest BCUT2D eigenvalue weighted by atomic mass is 10.2. The molecule has 88 valence electrons. The van der Waals surface area contributed by atoms with E-state index in [-0.39, 0.29) is 0 Å². The molecule has 0 amide bonds. The Labute approximate surface area is 97.4 Å². The van der Waals surface area contributed by atoms with Gasteiger partial charge in [-0.05, 0) is 32.0 Å². The Hall–Kier alpha value is -1.09. The van der Waals surface area contributed by atoms with Crippen LogP contribution in [0.5, 0.6) is 5.88 Å². The number of aromatic nitrogens is 1. The third-order valence-corrected chi connectivity index (χ3v) is 2.99. The largest absolute Gasteiger partial charge is 0.476 e. The van der Waals surface area contributed by atoms with Gasteiger partial charge >= 0.3 is 0 Å². The number of pyridine rings is 1. The first-order valence-corrected chi connectivity index (χ1v) is 6.21. The Morgan fingerprint density at radius 3 is 2.62 bits per heavy atom. The Morgan fingerprint density at radius 1 is 1.12 bits per heavy atom. The minimum absolute atomic E-state index is 0.734. The maximum Gasteiger partial charge on any atom is 0.213 e. The molecule has 3 heteroatoms. The predicted molar refractivity (Wildman–Crippen MR) is 64.6 cm³/mol. The fourth-order valence-electron chi connectivity index (χ4n) is 2.07. The molecular formula is C13H20N2O. The van der Waals surface area contributed by atoms with Crippen LogP contribution in [-0.2, 0) is 0 Å². The molecule has 1 aliphatic rings. The van der Waals surface area contributed by atoms with Gasteiger partial charge in [-0.25, -0.2) is 4.98 Å². The van der Waals surface area contributed by atoms with Crippen LogP contribution in [0.25, 0.3) is 0 Å². The molecule has 1 aromatic rings. The average Bonchev–Trinajstić information content (AvgIpc) is 2.59. The van der Waals surface area contributed by atoms with Crippen LogP contribution >= 0.6 is 0 Å². The van der Waals surface area contributed by atoms with E-state index >= 15 is 0 Å². The van der Waals surface area contributed by atoms with Crippen LogP contribution in [0.4, 0.5) is 0 Å². The molecule has 0 unspecified atom stereocenters. The summed E-state index contributed by atoms with van der Waals surface area (Å²) in [5.74, 6) is 0.734. The summed E-state index contributed by atoms with van der Waals surface area (Å²) in [7, 11) is 0. The van der Waals surface area contributed by atoms with Gasteiger partial charge in [0.05, 0.1) is 0 Å².